The second kappa shape index (κ2) is 10.9. The quantitative estimate of drug-likeness (QED) is 0.754. The highest BCUT2D eigenvalue weighted by Crippen LogP contribution is 2.18. The van der Waals surface area contributed by atoms with Gasteiger partial charge in [-0.1, -0.05) is 6.07 Å². The number of halogens is 1. The fraction of sp³-hybridized carbons (Fsp3) is 0.529. The molecule has 1 heterocycles. The zero-order valence-corrected chi connectivity index (χ0v) is 15.4. The van der Waals surface area contributed by atoms with Crippen LogP contribution >= 0.6 is 12.4 Å². The fourth-order valence-corrected chi connectivity index (χ4v) is 2.44. The lowest BCUT2D eigenvalue weighted by Crippen LogP contribution is -2.48. The predicted molar refractivity (Wildman–Crippen MR) is 98.4 cm³/mol. The summed E-state index contributed by atoms with van der Waals surface area (Å²) in [5, 5.41) is 5.93. The second-order valence-electron chi connectivity index (χ2n) is 5.45. The first-order valence-electron chi connectivity index (χ1n) is 8.26. The van der Waals surface area contributed by atoms with Crippen LogP contribution in [-0.2, 0) is 14.3 Å². The lowest BCUT2D eigenvalue weighted by molar-refractivity contribution is -0.133. The number of morpholine rings is 1. The number of anilines is 1. The average molecular weight is 372 g/mol. The van der Waals surface area contributed by atoms with Gasteiger partial charge in [0.1, 0.15) is 11.8 Å². The third-order valence-corrected chi connectivity index (χ3v) is 3.82. The number of benzene rings is 1. The molecule has 2 N–H and O–H groups in total. The van der Waals surface area contributed by atoms with E-state index in [9.17, 15) is 9.59 Å². The molecule has 0 spiro atoms. The molecule has 140 valence electrons. The molecule has 1 unspecified atom stereocenters. The van der Waals surface area contributed by atoms with Gasteiger partial charge in [0.05, 0.1) is 13.2 Å². The second-order valence-corrected chi connectivity index (χ2v) is 5.45. The van der Waals surface area contributed by atoms with Crippen LogP contribution in [-0.4, -0.2) is 62.2 Å². The van der Waals surface area contributed by atoms with Crippen molar-refractivity contribution in [3.8, 4) is 5.75 Å². The van der Waals surface area contributed by atoms with E-state index < -0.39 is 0 Å². The van der Waals surface area contributed by atoms with Gasteiger partial charge < -0.3 is 25.0 Å². The standard InChI is InChI=1S/C17H25N3O4.ClH/c1-3-20(4-2)16(21)12-24-14-7-5-6-13(10-14)19-17(22)15-11-23-9-8-18-15;/h5-7,10,15,18H,3-4,8-9,11-12H2,1-2H3,(H,19,22);1H. The van der Waals surface area contributed by atoms with E-state index in [4.69, 9.17) is 9.47 Å². The molecule has 1 aromatic carbocycles. The molecule has 0 radical (unpaired) electrons. The maximum atomic E-state index is 12.2. The first-order valence-corrected chi connectivity index (χ1v) is 8.26. The Bertz CT molecular complexity index is 561. The van der Waals surface area contributed by atoms with Crippen molar-refractivity contribution < 1.29 is 19.1 Å². The Kier molecular flexibility index (Phi) is 9.26. The Hall–Kier alpha value is -1.83. The van der Waals surface area contributed by atoms with Crippen LogP contribution in [0.15, 0.2) is 24.3 Å². The molecule has 1 atom stereocenters. The normalized spacial score (nSPS) is 16.5. The monoisotopic (exact) mass is 371 g/mol. The highest BCUT2D eigenvalue weighted by atomic mass is 35.5. The maximum absolute atomic E-state index is 12.2. The summed E-state index contributed by atoms with van der Waals surface area (Å²) >= 11 is 0. The van der Waals surface area contributed by atoms with E-state index in [1.54, 1.807) is 29.2 Å². The minimum Gasteiger partial charge on any atom is -0.484 e. The molecule has 0 aliphatic carbocycles. The molecule has 0 aromatic heterocycles. The van der Waals surface area contributed by atoms with Crippen molar-refractivity contribution in [1.29, 1.82) is 0 Å². The van der Waals surface area contributed by atoms with Crippen molar-refractivity contribution in [2.75, 3.05) is 44.8 Å². The number of nitrogens with one attached hydrogen (secondary N) is 2. The van der Waals surface area contributed by atoms with E-state index in [0.717, 1.165) is 0 Å². The lowest BCUT2D eigenvalue weighted by Gasteiger charge is -2.23. The largest absolute Gasteiger partial charge is 0.484 e. The van der Waals surface area contributed by atoms with Crippen LogP contribution in [0.3, 0.4) is 0 Å². The number of carbonyl (C=O) groups excluding carboxylic acids is 2. The van der Waals surface area contributed by atoms with Gasteiger partial charge in [0, 0.05) is 31.4 Å². The van der Waals surface area contributed by atoms with E-state index >= 15 is 0 Å². The summed E-state index contributed by atoms with van der Waals surface area (Å²) in [4.78, 5) is 25.8. The van der Waals surface area contributed by atoms with Gasteiger partial charge in [-0.25, -0.2) is 0 Å². The zero-order chi connectivity index (χ0) is 17.4. The fourth-order valence-electron chi connectivity index (χ4n) is 2.44. The van der Waals surface area contributed by atoms with Crippen LogP contribution in [0.2, 0.25) is 0 Å². The summed E-state index contributed by atoms with van der Waals surface area (Å²) in [5.74, 6) is 0.338. The molecule has 1 aliphatic heterocycles. The first kappa shape index (κ1) is 21.2. The van der Waals surface area contributed by atoms with Gasteiger partial charge in [0.2, 0.25) is 5.91 Å². The Balaban J connectivity index is 0.00000312. The summed E-state index contributed by atoms with van der Waals surface area (Å²) in [7, 11) is 0. The number of amides is 2. The van der Waals surface area contributed by atoms with Crippen LogP contribution in [0.1, 0.15) is 13.8 Å². The maximum Gasteiger partial charge on any atom is 0.260 e. The minimum absolute atomic E-state index is 0. The summed E-state index contributed by atoms with van der Waals surface area (Å²) in [6.45, 7) is 6.80. The van der Waals surface area contributed by atoms with Crippen molar-refractivity contribution >= 4 is 29.9 Å². The summed E-state index contributed by atoms with van der Waals surface area (Å²) in [6.07, 6.45) is 0. The Morgan fingerprint density at radius 1 is 1.36 bits per heavy atom. The molecule has 1 saturated heterocycles. The van der Waals surface area contributed by atoms with Crippen molar-refractivity contribution in [1.82, 2.24) is 10.2 Å². The van der Waals surface area contributed by atoms with Crippen molar-refractivity contribution in [3.63, 3.8) is 0 Å². The van der Waals surface area contributed by atoms with Crippen molar-refractivity contribution in [3.05, 3.63) is 24.3 Å². The Morgan fingerprint density at radius 2 is 2.12 bits per heavy atom. The molecule has 0 saturated carbocycles. The van der Waals surface area contributed by atoms with Crippen LogP contribution in [0.25, 0.3) is 0 Å². The Labute approximate surface area is 154 Å². The average Bonchev–Trinajstić information content (AvgIpc) is 2.62. The SMILES string of the molecule is CCN(CC)C(=O)COc1cccc(NC(=O)C2COCCN2)c1.Cl. The first-order chi connectivity index (χ1) is 11.6. The van der Waals surface area contributed by atoms with E-state index in [0.29, 0.717) is 44.3 Å². The zero-order valence-electron chi connectivity index (χ0n) is 14.6. The molecule has 0 bridgehead atoms. The van der Waals surface area contributed by atoms with Gasteiger partial charge >= 0.3 is 0 Å². The lowest BCUT2D eigenvalue weighted by atomic mass is 10.2. The molecule has 7 nitrogen and oxygen atoms in total. The van der Waals surface area contributed by atoms with Crippen molar-refractivity contribution in [2.24, 2.45) is 0 Å². The van der Waals surface area contributed by atoms with Crippen LogP contribution in [0.4, 0.5) is 5.69 Å². The van der Waals surface area contributed by atoms with Crippen LogP contribution in [0.5, 0.6) is 5.75 Å². The van der Waals surface area contributed by atoms with E-state index in [1.165, 1.54) is 0 Å². The number of carbonyl (C=O) groups is 2. The highest BCUT2D eigenvalue weighted by Gasteiger charge is 2.21. The summed E-state index contributed by atoms with van der Waals surface area (Å²) in [6, 6.07) is 6.66. The number of rotatable bonds is 7. The van der Waals surface area contributed by atoms with Crippen LogP contribution < -0.4 is 15.4 Å². The molecule has 2 amide bonds. The van der Waals surface area contributed by atoms with Gasteiger partial charge in [-0.05, 0) is 26.0 Å². The Morgan fingerprint density at radius 3 is 2.76 bits per heavy atom. The molecule has 2 rings (SSSR count). The molecule has 1 aliphatic rings. The highest BCUT2D eigenvalue weighted by molar-refractivity contribution is 5.95. The summed E-state index contributed by atoms with van der Waals surface area (Å²) < 4.78 is 10.8. The van der Waals surface area contributed by atoms with Gasteiger partial charge in [0.25, 0.3) is 5.91 Å². The van der Waals surface area contributed by atoms with E-state index in [-0.39, 0.29) is 36.9 Å². The predicted octanol–water partition coefficient (Wildman–Crippen LogP) is 1.28. The minimum atomic E-state index is -0.354. The number of hydrogen-bond donors (Lipinski definition) is 2. The number of nitrogens with zero attached hydrogens (tertiary/aromatic N) is 1. The third kappa shape index (κ3) is 6.53. The molecule has 8 heteroatoms. The molecule has 1 aromatic rings. The van der Waals surface area contributed by atoms with Gasteiger partial charge in [-0.15, -0.1) is 12.4 Å². The number of ether oxygens (including phenoxy) is 2. The number of likely N-dealkylation sites (N-methyl/N-ethyl adjacent to an activating group) is 1. The molecular formula is C17H26ClN3O4. The van der Waals surface area contributed by atoms with E-state index in [1.807, 2.05) is 13.8 Å². The van der Waals surface area contributed by atoms with Gasteiger partial charge in [-0.3, -0.25) is 9.59 Å². The third-order valence-electron chi connectivity index (χ3n) is 3.82. The molecule has 1 fully saturated rings. The smallest absolute Gasteiger partial charge is 0.260 e. The molecule has 25 heavy (non-hydrogen) atoms. The van der Waals surface area contributed by atoms with Gasteiger partial charge in [0.15, 0.2) is 6.61 Å². The van der Waals surface area contributed by atoms with E-state index in [2.05, 4.69) is 10.6 Å². The number of hydrogen-bond acceptors (Lipinski definition) is 5. The molecular weight excluding hydrogens is 346 g/mol. The van der Waals surface area contributed by atoms with Gasteiger partial charge in [-0.2, -0.15) is 0 Å². The van der Waals surface area contributed by atoms with Crippen LogP contribution in [0, 0.1) is 0 Å². The summed E-state index contributed by atoms with van der Waals surface area (Å²) in [5.41, 5.74) is 0.625. The topological polar surface area (TPSA) is 79.9 Å². The van der Waals surface area contributed by atoms with Crippen molar-refractivity contribution in [2.45, 2.75) is 19.9 Å².